The first-order valence-electron chi connectivity index (χ1n) is 7.86. The van der Waals surface area contributed by atoms with Crippen LogP contribution < -0.4 is 5.32 Å². The highest BCUT2D eigenvalue weighted by molar-refractivity contribution is 5.70. The number of nitrogens with zero attached hydrogens (tertiary/aromatic N) is 1. The molecular weight excluding hydrogens is 284 g/mol. The standard InChI is InChI=1S/C16H28N2O4/c1-14(2,3)21-12(19)17-9-16-7-11(8-16)18(10-16)13(20)22-15(4,5)6/h11H,7-10H2,1-6H3,(H,17,19). The summed E-state index contributed by atoms with van der Waals surface area (Å²) in [7, 11) is 0. The predicted molar refractivity (Wildman–Crippen MR) is 82.6 cm³/mol. The van der Waals surface area contributed by atoms with Gasteiger partial charge in [-0.05, 0) is 54.4 Å². The zero-order valence-electron chi connectivity index (χ0n) is 14.5. The lowest BCUT2D eigenvalue weighted by Gasteiger charge is -2.37. The molecule has 6 heteroatoms. The van der Waals surface area contributed by atoms with Crippen LogP contribution in [-0.4, -0.2) is 47.4 Å². The molecular formula is C16H28N2O4. The van der Waals surface area contributed by atoms with Crippen LogP contribution in [0.15, 0.2) is 0 Å². The fourth-order valence-electron chi connectivity index (χ4n) is 3.09. The van der Waals surface area contributed by atoms with Crippen LogP contribution >= 0.6 is 0 Å². The van der Waals surface area contributed by atoms with Gasteiger partial charge in [0.2, 0.25) is 0 Å². The molecule has 0 aromatic heterocycles. The molecule has 0 aromatic rings. The van der Waals surface area contributed by atoms with Gasteiger partial charge in [-0.3, -0.25) is 0 Å². The molecule has 1 aliphatic carbocycles. The van der Waals surface area contributed by atoms with Gasteiger partial charge >= 0.3 is 12.2 Å². The van der Waals surface area contributed by atoms with Gasteiger partial charge in [0.1, 0.15) is 11.2 Å². The van der Waals surface area contributed by atoms with E-state index in [9.17, 15) is 9.59 Å². The average Bonchev–Trinajstić information content (AvgIpc) is 2.76. The normalized spacial score (nSPS) is 27.2. The summed E-state index contributed by atoms with van der Waals surface area (Å²) < 4.78 is 10.7. The first-order chi connectivity index (χ1) is 9.89. The molecule has 2 amide bonds. The lowest BCUT2D eigenvalue weighted by Crippen LogP contribution is -2.45. The zero-order valence-corrected chi connectivity index (χ0v) is 14.5. The zero-order chi connectivity index (χ0) is 16.8. The molecule has 0 atom stereocenters. The molecule has 1 N–H and O–H groups in total. The third-order valence-electron chi connectivity index (χ3n) is 3.92. The van der Waals surface area contributed by atoms with Crippen LogP contribution in [0.25, 0.3) is 0 Å². The molecule has 3 aliphatic rings. The number of fused-ring (bicyclic) bond motifs is 1. The van der Waals surface area contributed by atoms with E-state index in [4.69, 9.17) is 9.47 Å². The second-order valence-electron chi connectivity index (χ2n) is 8.53. The van der Waals surface area contributed by atoms with Crippen molar-refractivity contribution in [2.45, 2.75) is 71.6 Å². The Morgan fingerprint density at radius 3 is 2.14 bits per heavy atom. The molecule has 0 unspecified atom stereocenters. The highest BCUT2D eigenvalue weighted by Gasteiger charge is 2.57. The minimum atomic E-state index is -0.498. The van der Waals surface area contributed by atoms with Crippen molar-refractivity contribution in [1.29, 1.82) is 0 Å². The predicted octanol–water partition coefficient (Wildman–Crippen LogP) is 2.91. The van der Waals surface area contributed by atoms with E-state index in [2.05, 4.69) is 5.32 Å². The topological polar surface area (TPSA) is 67.9 Å². The molecule has 2 bridgehead atoms. The maximum Gasteiger partial charge on any atom is 0.410 e. The number of alkyl carbamates (subject to hydrolysis) is 1. The first kappa shape index (κ1) is 16.9. The quantitative estimate of drug-likeness (QED) is 0.851. The smallest absolute Gasteiger partial charge is 0.410 e. The Morgan fingerprint density at radius 1 is 1.09 bits per heavy atom. The van der Waals surface area contributed by atoms with Crippen LogP contribution in [0, 0.1) is 5.41 Å². The molecule has 126 valence electrons. The lowest BCUT2D eigenvalue weighted by atomic mass is 9.70. The van der Waals surface area contributed by atoms with Crippen molar-refractivity contribution in [1.82, 2.24) is 10.2 Å². The van der Waals surface area contributed by atoms with Crippen LogP contribution in [-0.2, 0) is 9.47 Å². The fourth-order valence-corrected chi connectivity index (χ4v) is 3.09. The van der Waals surface area contributed by atoms with Crippen molar-refractivity contribution >= 4 is 12.2 Å². The van der Waals surface area contributed by atoms with E-state index in [1.807, 2.05) is 41.5 Å². The van der Waals surface area contributed by atoms with Gasteiger partial charge in [0.15, 0.2) is 0 Å². The molecule has 3 fully saturated rings. The van der Waals surface area contributed by atoms with Gasteiger partial charge in [-0.25, -0.2) is 9.59 Å². The molecule has 22 heavy (non-hydrogen) atoms. The fraction of sp³-hybridized carbons (Fsp3) is 0.875. The van der Waals surface area contributed by atoms with Crippen molar-refractivity contribution in [3.05, 3.63) is 0 Å². The van der Waals surface area contributed by atoms with E-state index in [1.54, 1.807) is 4.90 Å². The highest BCUT2D eigenvalue weighted by Crippen LogP contribution is 2.51. The van der Waals surface area contributed by atoms with Crippen molar-refractivity contribution in [2.24, 2.45) is 5.41 Å². The summed E-state index contributed by atoms with van der Waals surface area (Å²) in [6.45, 7) is 12.3. The van der Waals surface area contributed by atoms with Gasteiger partial charge in [0.05, 0.1) is 0 Å². The third kappa shape index (κ3) is 4.05. The molecule has 1 saturated carbocycles. The van der Waals surface area contributed by atoms with E-state index in [-0.39, 0.29) is 17.6 Å². The molecule has 2 saturated heterocycles. The minimum absolute atomic E-state index is 0.0154. The van der Waals surface area contributed by atoms with Gasteiger partial charge in [0.25, 0.3) is 0 Å². The number of amides is 2. The van der Waals surface area contributed by atoms with Gasteiger partial charge in [-0.1, -0.05) is 0 Å². The average molecular weight is 312 g/mol. The monoisotopic (exact) mass is 312 g/mol. The van der Waals surface area contributed by atoms with Crippen LogP contribution in [0.5, 0.6) is 0 Å². The number of carbonyl (C=O) groups is 2. The van der Waals surface area contributed by atoms with Gasteiger partial charge in [-0.15, -0.1) is 0 Å². The maximum atomic E-state index is 12.2. The van der Waals surface area contributed by atoms with Crippen molar-refractivity contribution < 1.29 is 19.1 Å². The minimum Gasteiger partial charge on any atom is -0.444 e. The molecule has 2 heterocycles. The molecule has 0 spiro atoms. The van der Waals surface area contributed by atoms with Crippen molar-refractivity contribution in [3.8, 4) is 0 Å². The Kier molecular flexibility index (Phi) is 4.09. The van der Waals surface area contributed by atoms with Gasteiger partial charge in [0, 0.05) is 24.5 Å². The van der Waals surface area contributed by atoms with Crippen LogP contribution in [0.3, 0.4) is 0 Å². The van der Waals surface area contributed by atoms with E-state index >= 15 is 0 Å². The number of nitrogens with one attached hydrogen (secondary N) is 1. The van der Waals surface area contributed by atoms with Crippen LogP contribution in [0.2, 0.25) is 0 Å². The van der Waals surface area contributed by atoms with E-state index < -0.39 is 17.3 Å². The Hall–Kier alpha value is -1.46. The molecule has 0 radical (unpaired) electrons. The number of ether oxygens (including phenoxy) is 2. The Morgan fingerprint density at radius 2 is 1.64 bits per heavy atom. The summed E-state index contributed by atoms with van der Waals surface area (Å²) in [4.78, 5) is 25.7. The Labute approximate surface area is 132 Å². The van der Waals surface area contributed by atoms with Crippen molar-refractivity contribution in [2.75, 3.05) is 13.1 Å². The van der Waals surface area contributed by atoms with Gasteiger partial charge in [-0.2, -0.15) is 0 Å². The summed E-state index contributed by atoms with van der Waals surface area (Å²) in [5.74, 6) is 0. The number of rotatable bonds is 2. The molecule has 6 nitrogen and oxygen atoms in total. The highest BCUT2D eigenvalue weighted by atomic mass is 16.6. The van der Waals surface area contributed by atoms with Crippen molar-refractivity contribution in [3.63, 3.8) is 0 Å². The lowest BCUT2D eigenvalue weighted by molar-refractivity contribution is 0.0241. The number of carbonyl (C=O) groups excluding carboxylic acids is 2. The maximum absolute atomic E-state index is 12.2. The number of hydrogen-bond acceptors (Lipinski definition) is 4. The summed E-state index contributed by atoms with van der Waals surface area (Å²) in [5.41, 5.74) is -0.993. The largest absolute Gasteiger partial charge is 0.444 e. The van der Waals surface area contributed by atoms with E-state index in [0.717, 1.165) is 12.8 Å². The third-order valence-corrected chi connectivity index (χ3v) is 3.92. The van der Waals surface area contributed by atoms with Crippen LogP contribution in [0.4, 0.5) is 9.59 Å². The van der Waals surface area contributed by atoms with Crippen LogP contribution in [0.1, 0.15) is 54.4 Å². The van der Waals surface area contributed by atoms with E-state index in [0.29, 0.717) is 13.1 Å². The van der Waals surface area contributed by atoms with Gasteiger partial charge < -0.3 is 19.7 Å². The molecule has 0 aromatic carbocycles. The second kappa shape index (κ2) is 5.32. The Bertz CT molecular complexity index is 456. The number of hydrogen-bond donors (Lipinski definition) is 1. The summed E-state index contributed by atoms with van der Waals surface area (Å²) in [6.07, 6.45) is 1.18. The summed E-state index contributed by atoms with van der Waals surface area (Å²) >= 11 is 0. The second-order valence-corrected chi connectivity index (χ2v) is 8.53. The first-order valence-corrected chi connectivity index (χ1v) is 7.86. The summed E-state index contributed by atoms with van der Waals surface area (Å²) in [6, 6.07) is 0.246. The van der Waals surface area contributed by atoms with E-state index in [1.165, 1.54) is 0 Å². The molecule has 3 rings (SSSR count). The summed E-state index contributed by atoms with van der Waals surface area (Å²) in [5, 5.41) is 2.83. The molecule has 2 aliphatic heterocycles. The Balaban J connectivity index is 1.82. The SMILES string of the molecule is CC(C)(C)OC(=O)NCC12CC(C1)N(C(=O)OC(C)(C)C)C2.